The fraction of sp³-hybridized carbons (Fsp3) is 0.333. The molecule has 1 aliphatic rings. The smallest absolute Gasteiger partial charge is 0.338 e. The summed E-state index contributed by atoms with van der Waals surface area (Å²) >= 11 is 0. The van der Waals surface area contributed by atoms with Gasteiger partial charge in [-0.2, -0.15) is 5.10 Å². The van der Waals surface area contributed by atoms with E-state index in [1.54, 1.807) is 10.9 Å². The van der Waals surface area contributed by atoms with Gasteiger partial charge in [0.2, 0.25) is 0 Å². The quantitative estimate of drug-likeness (QED) is 0.908. The Bertz CT molecular complexity index is 594. The number of carboxylic acids is 1. The molecule has 2 aromatic rings. The molecule has 0 spiro atoms. The normalized spacial score (nSPS) is 21.4. The van der Waals surface area contributed by atoms with Crippen molar-refractivity contribution in [3.05, 3.63) is 53.9 Å². The number of ether oxygens (including phenoxy) is 1. The Labute approximate surface area is 116 Å². The van der Waals surface area contributed by atoms with Crippen LogP contribution >= 0.6 is 0 Å². The molecular weight excluding hydrogens is 256 g/mol. The molecule has 0 saturated heterocycles. The maximum absolute atomic E-state index is 10.9. The molecule has 1 aromatic heterocycles. The van der Waals surface area contributed by atoms with Crippen molar-refractivity contribution in [3.63, 3.8) is 0 Å². The van der Waals surface area contributed by atoms with E-state index >= 15 is 0 Å². The van der Waals surface area contributed by atoms with Crippen molar-refractivity contribution in [2.75, 3.05) is 0 Å². The van der Waals surface area contributed by atoms with E-state index in [-0.39, 0.29) is 17.7 Å². The second kappa shape index (κ2) is 5.46. The van der Waals surface area contributed by atoms with Gasteiger partial charge in [-0.1, -0.05) is 30.3 Å². The number of nitrogens with zero attached hydrogens (tertiary/aromatic N) is 2. The van der Waals surface area contributed by atoms with Gasteiger partial charge in [0.15, 0.2) is 0 Å². The van der Waals surface area contributed by atoms with Gasteiger partial charge in [-0.3, -0.25) is 4.68 Å². The third kappa shape index (κ3) is 2.58. The molecule has 1 unspecified atom stereocenters. The van der Waals surface area contributed by atoms with Gasteiger partial charge in [-0.15, -0.1) is 0 Å². The van der Waals surface area contributed by atoms with Crippen LogP contribution in [-0.2, 0) is 11.3 Å². The number of benzene rings is 1. The Morgan fingerprint density at radius 2 is 2.15 bits per heavy atom. The van der Waals surface area contributed by atoms with Gasteiger partial charge in [0.05, 0.1) is 30.5 Å². The predicted molar refractivity (Wildman–Crippen MR) is 72.5 cm³/mol. The summed E-state index contributed by atoms with van der Waals surface area (Å²) in [6, 6.07) is 10.2. The van der Waals surface area contributed by atoms with Gasteiger partial charge >= 0.3 is 5.97 Å². The molecule has 20 heavy (non-hydrogen) atoms. The fourth-order valence-electron chi connectivity index (χ4n) is 2.36. The third-order valence-corrected chi connectivity index (χ3v) is 3.67. The van der Waals surface area contributed by atoms with Crippen molar-refractivity contribution in [2.45, 2.75) is 31.6 Å². The lowest BCUT2D eigenvalue weighted by atomic mass is 9.89. The molecule has 3 rings (SSSR count). The molecule has 5 heteroatoms. The Hall–Kier alpha value is -2.14. The van der Waals surface area contributed by atoms with E-state index in [0.29, 0.717) is 6.61 Å². The molecule has 1 heterocycles. The van der Waals surface area contributed by atoms with Gasteiger partial charge < -0.3 is 9.84 Å². The van der Waals surface area contributed by atoms with Gasteiger partial charge in [0.25, 0.3) is 0 Å². The number of hydrogen-bond donors (Lipinski definition) is 1. The second-order valence-electron chi connectivity index (χ2n) is 4.99. The number of aromatic carboxylic acids is 1. The van der Waals surface area contributed by atoms with E-state index in [1.807, 2.05) is 30.3 Å². The summed E-state index contributed by atoms with van der Waals surface area (Å²) in [5.74, 6) is -0.947. The van der Waals surface area contributed by atoms with Crippen LogP contribution in [0, 0.1) is 0 Å². The zero-order valence-corrected chi connectivity index (χ0v) is 11.0. The highest BCUT2D eigenvalue weighted by atomic mass is 16.5. The Balaban J connectivity index is 1.60. The van der Waals surface area contributed by atoms with Crippen LogP contribution in [0.15, 0.2) is 42.7 Å². The van der Waals surface area contributed by atoms with Crippen molar-refractivity contribution in [1.29, 1.82) is 0 Å². The highest BCUT2D eigenvalue weighted by Gasteiger charge is 2.34. The lowest BCUT2D eigenvalue weighted by Crippen LogP contribution is -2.36. The maximum atomic E-state index is 10.9. The van der Waals surface area contributed by atoms with Crippen molar-refractivity contribution >= 4 is 5.97 Å². The van der Waals surface area contributed by atoms with E-state index in [4.69, 9.17) is 9.84 Å². The fourth-order valence-corrected chi connectivity index (χ4v) is 2.36. The zero-order chi connectivity index (χ0) is 13.9. The minimum absolute atomic E-state index is 0.108. The summed E-state index contributed by atoms with van der Waals surface area (Å²) in [6.45, 7) is 0.578. The summed E-state index contributed by atoms with van der Waals surface area (Å²) in [6.07, 6.45) is 5.02. The first-order valence-corrected chi connectivity index (χ1v) is 6.67. The number of rotatable bonds is 5. The van der Waals surface area contributed by atoms with E-state index in [2.05, 4.69) is 5.10 Å². The Morgan fingerprint density at radius 3 is 2.75 bits per heavy atom. The van der Waals surface area contributed by atoms with Crippen LogP contribution in [0.2, 0.25) is 0 Å². The molecule has 1 saturated carbocycles. The van der Waals surface area contributed by atoms with Crippen LogP contribution < -0.4 is 0 Å². The topological polar surface area (TPSA) is 64.3 Å². The largest absolute Gasteiger partial charge is 0.478 e. The summed E-state index contributed by atoms with van der Waals surface area (Å²) in [4.78, 5) is 10.9. The van der Waals surface area contributed by atoms with E-state index in [1.165, 1.54) is 6.20 Å². The second-order valence-corrected chi connectivity index (χ2v) is 4.99. The molecular formula is C15H16N2O3. The van der Waals surface area contributed by atoms with Crippen molar-refractivity contribution in [3.8, 4) is 0 Å². The standard InChI is InChI=1S/C15H16N2O3/c18-15(19)12-8-16-17(9-12)13-6-7-14(13)20-10-11-4-2-1-3-5-11/h1-5,8-9,13-14H,6-7,10H2,(H,18,19)/t13?,14-/m0/s1. The summed E-state index contributed by atoms with van der Waals surface area (Å²) < 4.78 is 7.60. The van der Waals surface area contributed by atoms with Crippen LogP contribution in [0.1, 0.15) is 34.8 Å². The minimum Gasteiger partial charge on any atom is -0.478 e. The third-order valence-electron chi connectivity index (χ3n) is 3.67. The summed E-state index contributed by atoms with van der Waals surface area (Å²) in [5, 5.41) is 13.0. The van der Waals surface area contributed by atoms with Crippen LogP contribution in [0.5, 0.6) is 0 Å². The maximum Gasteiger partial charge on any atom is 0.338 e. The van der Waals surface area contributed by atoms with Crippen LogP contribution in [-0.4, -0.2) is 27.0 Å². The molecule has 1 aromatic carbocycles. The van der Waals surface area contributed by atoms with E-state index in [0.717, 1.165) is 18.4 Å². The first-order valence-electron chi connectivity index (χ1n) is 6.67. The van der Waals surface area contributed by atoms with E-state index in [9.17, 15) is 4.79 Å². The Kier molecular flexibility index (Phi) is 3.52. The number of hydrogen-bond acceptors (Lipinski definition) is 3. The average molecular weight is 272 g/mol. The van der Waals surface area contributed by atoms with Crippen molar-refractivity contribution in [1.82, 2.24) is 9.78 Å². The van der Waals surface area contributed by atoms with Crippen molar-refractivity contribution in [2.24, 2.45) is 0 Å². The molecule has 2 atom stereocenters. The molecule has 1 aliphatic carbocycles. The molecule has 1 N–H and O–H groups in total. The molecule has 1 fully saturated rings. The average Bonchev–Trinajstić information content (AvgIpc) is 2.88. The lowest BCUT2D eigenvalue weighted by Gasteiger charge is -2.36. The monoisotopic (exact) mass is 272 g/mol. The first kappa shape index (κ1) is 12.9. The van der Waals surface area contributed by atoms with Crippen LogP contribution in [0.3, 0.4) is 0 Å². The molecule has 0 radical (unpaired) electrons. The predicted octanol–water partition coefficient (Wildman–Crippen LogP) is 2.50. The first-order chi connectivity index (χ1) is 9.74. The number of carboxylic acid groups (broad SMARTS) is 1. The number of carbonyl (C=O) groups is 1. The lowest BCUT2D eigenvalue weighted by molar-refractivity contribution is -0.0530. The highest BCUT2D eigenvalue weighted by molar-refractivity contribution is 5.86. The summed E-state index contributed by atoms with van der Waals surface area (Å²) in [5.41, 5.74) is 1.36. The molecule has 5 nitrogen and oxygen atoms in total. The number of aromatic nitrogens is 2. The van der Waals surface area contributed by atoms with Crippen molar-refractivity contribution < 1.29 is 14.6 Å². The van der Waals surface area contributed by atoms with Gasteiger partial charge in [0.1, 0.15) is 0 Å². The van der Waals surface area contributed by atoms with Gasteiger partial charge in [0, 0.05) is 6.20 Å². The molecule has 0 amide bonds. The van der Waals surface area contributed by atoms with Crippen LogP contribution in [0.25, 0.3) is 0 Å². The highest BCUT2D eigenvalue weighted by Crippen LogP contribution is 2.35. The SMILES string of the molecule is O=C(O)c1cnn(C2CC[C@@H]2OCc2ccccc2)c1. The Morgan fingerprint density at radius 1 is 1.35 bits per heavy atom. The molecule has 0 aliphatic heterocycles. The molecule has 0 bridgehead atoms. The van der Waals surface area contributed by atoms with E-state index < -0.39 is 5.97 Å². The minimum atomic E-state index is -0.947. The summed E-state index contributed by atoms with van der Waals surface area (Å²) in [7, 11) is 0. The van der Waals surface area contributed by atoms with Crippen LogP contribution in [0.4, 0.5) is 0 Å². The molecule has 104 valence electrons. The van der Waals surface area contributed by atoms with Gasteiger partial charge in [-0.25, -0.2) is 4.79 Å². The van der Waals surface area contributed by atoms with Gasteiger partial charge in [-0.05, 0) is 18.4 Å². The zero-order valence-electron chi connectivity index (χ0n) is 11.0.